The lowest BCUT2D eigenvalue weighted by atomic mass is 10.1. The van der Waals surface area contributed by atoms with Crippen LogP contribution in [-0.2, 0) is 14.8 Å². The molecule has 10 heteroatoms. The molecule has 0 bridgehead atoms. The molecule has 1 aliphatic heterocycles. The average Bonchev–Trinajstić information content (AvgIpc) is 3.22. The second-order valence-electron chi connectivity index (χ2n) is 6.26. The van der Waals surface area contributed by atoms with E-state index in [1.165, 1.54) is 16.2 Å². The number of ketones is 1. The zero-order chi connectivity index (χ0) is 20.3. The SMILES string of the molecule is O=C(CCC(=O)N1CCN(S(=O)(=O)c2cc(F)ccc2F)CC1)c1cccs1. The molecule has 0 atom stereocenters. The standard InChI is InChI=1S/C18H18F2N2O4S2/c19-13-3-4-14(20)17(12-13)28(25,26)22-9-7-21(8-10-22)18(24)6-5-15(23)16-2-1-11-27-16/h1-4,11-12H,5-10H2. The second kappa shape index (κ2) is 8.46. The molecule has 0 aliphatic carbocycles. The van der Waals surface area contributed by atoms with Gasteiger partial charge in [0.2, 0.25) is 15.9 Å². The number of carbonyl (C=O) groups excluding carboxylic acids is 2. The molecule has 28 heavy (non-hydrogen) atoms. The largest absolute Gasteiger partial charge is 0.340 e. The molecule has 1 fully saturated rings. The van der Waals surface area contributed by atoms with Crippen LogP contribution in [0.5, 0.6) is 0 Å². The predicted molar refractivity (Wildman–Crippen MR) is 99.6 cm³/mol. The maximum Gasteiger partial charge on any atom is 0.246 e. The monoisotopic (exact) mass is 428 g/mol. The summed E-state index contributed by atoms with van der Waals surface area (Å²) in [5.74, 6) is -2.21. The van der Waals surface area contributed by atoms with Crippen LogP contribution in [0.25, 0.3) is 0 Å². The molecule has 1 saturated heterocycles. The minimum atomic E-state index is -4.19. The number of amides is 1. The van der Waals surface area contributed by atoms with Crippen LogP contribution in [0, 0.1) is 11.6 Å². The van der Waals surface area contributed by atoms with Gasteiger partial charge in [-0.3, -0.25) is 9.59 Å². The second-order valence-corrected chi connectivity index (χ2v) is 9.11. The number of nitrogens with zero attached hydrogens (tertiary/aromatic N) is 2. The van der Waals surface area contributed by atoms with Crippen molar-refractivity contribution in [1.29, 1.82) is 0 Å². The summed E-state index contributed by atoms with van der Waals surface area (Å²) in [5, 5.41) is 1.79. The average molecular weight is 428 g/mol. The molecule has 0 radical (unpaired) electrons. The third-order valence-corrected chi connectivity index (χ3v) is 7.29. The van der Waals surface area contributed by atoms with Gasteiger partial charge < -0.3 is 4.90 Å². The first-order valence-electron chi connectivity index (χ1n) is 8.59. The Morgan fingerprint density at radius 2 is 1.75 bits per heavy atom. The summed E-state index contributed by atoms with van der Waals surface area (Å²) in [6, 6.07) is 5.74. The highest BCUT2D eigenvalue weighted by Gasteiger charge is 2.32. The van der Waals surface area contributed by atoms with Crippen molar-refractivity contribution in [3.8, 4) is 0 Å². The van der Waals surface area contributed by atoms with Crippen molar-refractivity contribution in [1.82, 2.24) is 9.21 Å². The maximum atomic E-state index is 13.8. The molecule has 1 aromatic heterocycles. The summed E-state index contributed by atoms with van der Waals surface area (Å²) in [6.07, 6.45) is 0.133. The van der Waals surface area contributed by atoms with Gasteiger partial charge in [-0.2, -0.15) is 4.31 Å². The number of carbonyl (C=O) groups is 2. The van der Waals surface area contributed by atoms with Gasteiger partial charge in [-0.05, 0) is 29.6 Å². The topological polar surface area (TPSA) is 74.8 Å². The number of halogens is 2. The van der Waals surface area contributed by atoms with Crippen LogP contribution in [-0.4, -0.2) is 55.5 Å². The number of hydrogen-bond acceptors (Lipinski definition) is 5. The van der Waals surface area contributed by atoms with Crippen LogP contribution in [0.15, 0.2) is 40.6 Å². The van der Waals surface area contributed by atoms with Gasteiger partial charge in [0.1, 0.15) is 16.5 Å². The molecule has 3 rings (SSSR count). The fourth-order valence-corrected chi connectivity index (χ4v) is 5.12. The molecule has 0 N–H and O–H groups in total. The first-order valence-corrected chi connectivity index (χ1v) is 10.9. The van der Waals surface area contributed by atoms with E-state index in [0.717, 1.165) is 16.4 Å². The molecule has 0 unspecified atom stereocenters. The van der Waals surface area contributed by atoms with E-state index >= 15 is 0 Å². The summed E-state index contributed by atoms with van der Waals surface area (Å²) in [4.78, 5) is 25.6. The molecular formula is C18H18F2N2O4S2. The zero-order valence-corrected chi connectivity index (χ0v) is 16.4. The normalized spacial score (nSPS) is 15.6. The Bertz CT molecular complexity index is 969. The lowest BCUT2D eigenvalue weighted by Gasteiger charge is -2.34. The Labute approximate surface area is 165 Å². The molecule has 1 aromatic carbocycles. The van der Waals surface area contributed by atoms with E-state index in [-0.39, 0.29) is 50.7 Å². The van der Waals surface area contributed by atoms with Crippen LogP contribution in [0.1, 0.15) is 22.5 Å². The molecule has 1 amide bonds. The van der Waals surface area contributed by atoms with E-state index < -0.39 is 26.6 Å². The molecule has 0 saturated carbocycles. The number of piperazine rings is 1. The van der Waals surface area contributed by atoms with Crippen molar-refractivity contribution in [3.63, 3.8) is 0 Å². The smallest absolute Gasteiger partial charge is 0.246 e. The van der Waals surface area contributed by atoms with Gasteiger partial charge >= 0.3 is 0 Å². The predicted octanol–water partition coefficient (Wildman–Crippen LogP) is 2.52. The highest BCUT2D eigenvalue weighted by Crippen LogP contribution is 2.22. The lowest BCUT2D eigenvalue weighted by molar-refractivity contribution is -0.132. The minimum absolute atomic E-state index is 0.0249. The Kier molecular flexibility index (Phi) is 6.21. The van der Waals surface area contributed by atoms with Crippen LogP contribution >= 0.6 is 11.3 Å². The number of Topliss-reactive ketones (excluding diaryl/α,β-unsaturated/α-hetero) is 1. The van der Waals surface area contributed by atoms with E-state index in [9.17, 15) is 26.8 Å². The van der Waals surface area contributed by atoms with Gasteiger partial charge in [0.25, 0.3) is 0 Å². The first-order chi connectivity index (χ1) is 13.3. The van der Waals surface area contributed by atoms with Gasteiger partial charge in [-0.1, -0.05) is 6.07 Å². The molecular weight excluding hydrogens is 410 g/mol. The molecule has 1 aliphatic rings. The number of thiophene rings is 1. The van der Waals surface area contributed by atoms with E-state index in [4.69, 9.17) is 0 Å². The third kappa shape index (κ3) is 4.45. The summed E-state index contributed by atoms with van der Waals surface area (Å²) < 4.78 is 53.3. The highest BCUT2D eigenvalue weighted by molar-refractivity contribution is 7.89. The molecule has 2 heterocycles. The molecule has 2 aromatic rings. The van der Waals surface area contributed by atoms with Crippen molar-refractivity contribution in [2.24, 2.45) is 0 Å². The summed E-state index contributed by atoms with van der Waals surface area (Å²) in [5.41, 5.74) is 0. The number of hydrogen-bond donors (Lipinski definition) is 0. The third-order valence-electron chi connectivity index (χ3n) is 4.46. The number of benzene rings is 1. The quantitative estimate of drug-likeness (QED) is 0.663. The summed E-state index contributed by atoms with van der Waals surface area (Å²) >= 11 is 1.32. The molecule has 6 nitrogen and oxygen atoms in total. The van der Waals surface area contributed by atoms with Crippen LogP contribution in [0.4, 0.5) is 8.78 Å². The summed E-state index contributed by atoms with van der Waals surface area (Å²) in [6.45, 7) is 0.205. The maximum absolute atomic E-state index is 13.8. The lowest BCUT2D eigenvalue weighted by Crippen LogP contribution is -2.50. The Morgan fingerprint density at radius 1 is 1.04 bits per heavy atom. The van der Waals surface area contributed by atoms with Crippen LogP contribution in [0.2, 0.25) is 0 Å². The highest BCUT2D eigenvalue weighted by atomic mass is 32.2. The van der Waals surface area contributed by atoms with Gasteiger partial charge in [-0.25, -0.2) is 17.2 Å². The Balaban J connectivity index is 1.57. The van der Waals surface area contributed by atoms with E-state index in [2.05, 4.69) is 0 Å². The van der Waals surface area contributed by atoms with Crippen molar-refractivity contribution in [2.45, 2.75) is 17.7 Å². The minimum Gasteiger partial charge on any atom is -0.340 e. The van der Waals surface area contributed by atoms with Crippen molar-refractivity contribution >= 4 is 33.1 Å². The van der Waals surface area contributed by atoms with E-state index in [1.54, 1.807) is 17.5 Å². The number of rotatable bonds is 6. The fraction of sp³-hybridized carbons (Fsp3) is 0.333. The van der Waals surface area contributed by atoms with Crippen LogP contribution < -0.4 is 0 Å². The first kappa shape index (κ1) is 20.6. The van der Waals surface area contributed by atoms with Gasteiger partial charge in [-0.15, -0.1) is 11.3 Å². The van der Waals surface area contributed by atoms with Crippen molar-refractivity contribution < 1.29 is 26.8 Å². The summed E-state index contributed by atoms with van der Waals surface area (Å²) in [7, 11) is -4.19. The number of sulfonamides is 1. The van der Waals surface area contributed by atoms with Crippen molar-refractivity contribution in [2.75, 3.05) is 26.2 Å². The van der Waals surface area contributed by atoms with Crippen LogP contribution in [0.3, 0.4) is 0 Å². The van der Waals surface area contributed by atoms with Gasteiger partial charge in [0, 0.05) is 39.0 Å². The Hall–Kier alpha value is -2.17. The van der Waals surface area contributed by atoms with Gasteiger partial charge in [0.05, 0.1) is 4.88 Å². The van der Waals surface area contributed by atoms with E-state index in [1.807, 2.05) is 0 Å². The van der Waals surface area contributed by atoms with E-state index in [0.29, 0.717) is 10.9 Å². The van der Waals surface area contributed by atoms with Crippen molar-refractivity contribution in [3.05, 3.63) is 52.2 Å². The molecule has 150 valence electrons. The Morgan fingerprint density at radius 3 is 2.39 bits per heavy atom. The zero-order valence-electron chi connectivity index (χ0n) is 14.8. The molecule has 0 spiro atoms. The van der Waals surface area contributed by atoms with Gasteiger partial charge in [0.15, 0.2) is 5.78 Å². The fourth-order valence-electron chi connectivity index (χ4n) is 2.93.